The van der Waals surface area contributed by atoms with Gasteiger partial charge in [0, 0.05) is 0 Å². The van der Waals surface area contributed by atoms with Crippen molar-refractivity contribution >= 4 is 5.97 Å². The first-order chi connectivity index (χ1) is 15.8. The van der Waals surface area contributed by atoms with Crippen molar-refractivity contribution in [2.45, 2.75) is 84.5 Å². The summed E-state index contributed by atoms with van der Waals surface area (Å²) in [5, 5.41) is 0. The number of aryl methyl sites for hydroxylation is 1. The molecule has 0 unspecified atom stereocenters. The Morgan fingerprint density at radius 1 is 1.03 bits per heavy atom. The molecule has 180 valence electrons. The summed E-state index contributed by atoms with van der Waals surface area (Å²) in [6, 6.07) is 14.0. The normalized spacial score (nSPS) is 15.9. The second kappa shape index (κ2) is 11.8. The Kier molecular flexibility index (Phi) is 9.10. The lowest BCUT2D eigenvalue weighted by Gasteiger charge is -2.29. The maximum atomic E-state index is 12.4. The summed E-state index contributed by atoms with van der Waals surface area (Å²) in [4.78, 5) is 12.4. The number of carbonyl (C=O) groups is 1. The van der Waals surface area contributed by atoms with Crippen LogP contribution >= 0.6 is 0 Å². The Morgan fingerprint density at radius 2 is 1.76 bits per heavy atom. The van der Waals surface area contributed by atoms with E-state index in [9.17, 15) is 4.79 Å². The van der Waals surface area contributed by atoms with Crippen molar-refractivity contribution in [3.8, 4) is 11.1 Å². The largest absolute Gasteiger partial charge is 0.465 e. The summed E-state index contributed by atoms with van der Waals surface area (Å²) in [5.74, 6) is 0.394. The molecule has 1 aliphatic carbocycles. The zero-order valence-corrected chi connectivity index (χ0v) is 21.0. The molecule has 33 heavy (non-hydrogen) atoms. The molecule has 2 aromatic carbocycles. The Bertz CT molecular complexity index is 906. The van der Waals surface area contributed by atoms with Crippen LogP contribution in [0.25, 0.3) is 11.1 Å². The Balaban J connectivity index is 1.78. The fourth-order valence-electron chi connectivity index (χ4n) is 4.60. The summed E-state index contributed by atoms with van der Waals surface area (Å²) in [5.41, 5.74) is 4.48. The highest BCUT2D eigenvalue weighted by atomic mass is 16.5. The van der Waals surface area contributed by atoms with Crippen LogP contribution in [-0.4, -0.2) is 31.4 Å². The molecule has 0 N–H and O–H groups in total. The van der Waals surface area contributed by atoms with Crippen molar-refractivity contribution in [1.29, 1.82) is 0 Å². The number of esters is 1. The molecular formula is C29H40O4. The van der Waals surface area contributed by atoms with Crippen LogP contribution in [0, 0.1) is 12.8 Å². The van der Waals surface area contributed by atoms with E-state index in [-0.39, 0.29) is 17.7 Å². The van der Waals surface area contributed by atoms with Gasteiger partial charge >= 0.3 is 5.97 Å². The highest BCUT2D eigenvalue weighted by molar-refractivity contribution is 5.97. The highest BCUT2D eigenvalue weighted by Gasteiger charge is 2.23. The van der Waals surface area contributed by atoms with Crippen molar-refractivity contribution in [1.82, 2.24) is 0 Å². The van der Waals surface area contributed by atoms with Crippen LogP contribution in [0.5, 0.6) is 0 Å². The number of hydrogen-bond acceptors (Lipinski definition) is 4. The molecule has 0 saturated heterocycles. The van der Waals surface area contributed by atoms with Crippen molar-refractivity contribution in [3.05, 3.63) is 59.2 Å². The van der Waals surface area contributed by atoms with E-state index < -0.39 is 0 Å². The van der Waals surface area contributed by atoms with Gasteiger partial charge in [0.2, 0.25) is 0 Å². The predicted molar refractivity (Wildman–Crippen MR) is 133 cm³/mol. The number of methoxy groups -OCH3 is 1. The van der Waals surface area contributed by atoms with Crippen LogP contribution in [0.15, 0.2) is 42.5 Å². The zero-order valence-electron chi connectivity index (χ0n) is 21.0. The molecule has 0 aliphatic heterocycles. The Labute approximate surface area is 199 Å². The lowest BCUT2D eigenvalue weighted by atomic mass is 9.85. The average molecular weight is 453 g/mol. The van der Waals surface area contributed by atoms with E-state index in [0.29, 0.717) is 18.8 Å². The summed E-state index contributed by atoms with van der Waals surface area (Å²) >= 11 is 0. The Morgan fingerprint density at radius 3 is 2.42 bits per heavy atom. The highest BCUT2D eigenvalue weighted by Crippen LogP contribution is 2.31. The summed E-state index contributed by atoms with van der Waals surface area (Å²) < 4.78 is 17.6. The van der Waals surface area contributed by atoms with Gasteiger partial charge < -0.3 is 14.2 Å². The summed E-state index contributed by atoms with van der Waals surface area (Å²) in [6.45, 7) is 9.42. The van der Waals surface area contributed by atoms with Gasteiger partial charge in [0.15, 0.2) is 0 Å². The van der Waals surface area contributed by atoms with Crippen LogP contribution in [0.4, 0.5) is 0 Å². The monoisotopic (exact) mass is 452 g/mol. The molecule has 0 amide bonds. The third-order valence-corrected chi connectivity index (χ3v) is 6.43. The fourth-order valence-corrected chi connectivity index (χ4v) is 4.60. The fraction of sp³-hybridized carbons (Fsp3) is 0.552. The van der Waals surface area contributed by atoms with E-state index in [2.05, 4.69) is 39.8 Å². The average Bonchev–Trinajstić information content (AvgIpc) is 2.80. The number of benzene rings is 2. The minimum absolute atomic E-state index is 0.0644. The second-order valence-electron chi connectivity index (χ2n) is 10.3. The third kappa shape index (κ3) is 7.68. The van der Waals surface area contributed by atoms with Gasteiger partial charge in [-0.05, 0) is 74.4 Å². The van der Waals surface area contributed by atoms with Crippen molar-refractivity contribution in [2.24, 2.45) is 5.92 Å². The van der Waals surface area contributed by atoms with Crippen LogP contribution in [0.1, 0.15) is 80.8 Å². The lowest BCUT2D eigenvalue weighted by molar-refractivity contribution is -0.0849. The first-order valence-corrected chi connectivity index (χ1v) is 12.3. The van der Waals surface area contributed by atoms with Gasteiger partial charge in [0.1, 0.15) is 0 Å². The molecule has 0 spiro atoms. The van der Waals surface area contributed by atoms with Gasteiger partial charge in [-0.2, -0.15) is 0 Å². The second-order valence-corrected chi connectivity index (χ2v) is 10.3. The standard InChI is InChI=1S/C29H40O4/c1-21-11-9-10-14-25(21)27-18-23(15-16-26(27)28(30)31-5)19-32-24(20-33-29(2,3)4)17-22-12-7-6-8-13-22/h9-11,14-16,18,22,24H,6-8,12-13,17,19-20H2,1-5H3/t24-/m0/s1. The molecule has 1 fully saturated rings. The van der Waals surface area contributed by atoms with Gasteiger partial charge in [-0.15, -0.1) is 0 Å². The number of rotatable bonds is 9. The smallest absolute Gasteiger partial charge is 0.338 e. The van der Waals surface area contributed by atoms with E-state index in [1.807, 2.05) is 30.3 Å². The molecule has 1 saturated carbocycles. The molecular weight excluding hydrogens is 412 g/mol. The molecule has 0 radical (unpaired) electrons. The van der Waals surface area contributed by atoms with E-state index in [4.69, 9.17) is 14.2 Å². The van der Waals surface area contributed by atoms with E-state index in [1.54, 1.807) is 0 Å². The molecule has 0 bridgehead atoms. The maximum absolute atomic E-state index is 12.4. The SMILES string of the molecule is COC(=O)c1ccc(CO[C@H](COC(C)(C)C)CC2CCCCC2)cc1-c1ccccc1C. The van der Waals surface area contributed by atoms with Crippen molar-refractivity contribution in [3.63, 3.8) is 0 Å². The Hall–Kier alpha value is -2.17. The molecule has 4 heteroatoms. The van der Waals surface area contributed by atoms with E-state index in [0.717, 1.165) is 34.6 Å². The van der Waals surface area contributed by atoms with Gasteiger partial charge in [0.25, 0.3) is 0 Å². The first-order valence-electron chi connectivity index (χ1n) is 12.3. The summed E-state index contributed by atoms with van der Waals surface area (Å²) in [6.07, 6.45) is 7.70. The molecule has 4 nitrogen and oxygen atoms in total. The van der Waals surface area contributed by atoms with Crippen molar-refractivity contribution in [2.75, 3.05) is 13.7 Å². The van der Waals surface area contributed by atoms with E-state index >= 15 is 0 Å². The maximum Gasteiger partial charge on any atom is 0.338 e. The van der Waals surface area contributed by atoms with Gasteiger partial charge in [0.05, 0.1) is 37.6 Å². The third-order valence-electron chi connectivity index (χ3n) is 6.43. The van der Waals surface area contributed by atoms with Gasteiger partial charge in [-0.25, -0.2) is 4.79 Å². The number of carbonyl (C=O) groups excluding carboxylic acids is 1. The predicted octanol–water partition coefficient (Wildman–Crippen LogP) is 7.12. The molecule has 1 aliphatic rings. The molecule has 1 atom stereocenters. The zero-order chi connectivity index (χ0) is 23.8. The topological polar surface area (TPSA) is 44.8 Å². The van der Waals surface area contributed by atoms with E-state index in [1.165, 1.54) is 39.2 Å². The quantitative estimate of drug-likeness (QED) is 0.380. The van der Waals surface area contributed by atoms with Gasteiger partial charge in [-0.1, -0.05) is 62.4 Å². The van der Waals surface area contributed by atoms with Crippen LogP contribution < -0.4 is 0 Å². The number of ether oxygens (including phenoxy) is 3. The molecule has 0 aromatic heterocycles. The number of hydrogen-bond donors (Lipinski definition) is 0. The first kappa shape index (κ1) is 25.5. The lowest BCUT2D eigenvalue weighted by Crippen LogP contribution is -2.30. The summed E-state index contributed by atoms with van der Waals surface area (Å²) in [7, 11) is 1.42. The van der Waals surface area contributed by atoms with Crippen molar-refractivity contribution < 1.29 is 19.0 Å². The van der Waals surface area contributed by atoms with Gasteiger partial charge in [-0.3, -0.25) is 0 Å². The van der Waals surface area contributed by atoms with Crippen LogP contribution in [0.3, 0.4) is 0 Å². The van der Waals surface area contributed by atoms with Crippen LogP contribution in [0.2, 0.25) is 0 Å². The van der Waals surface area contributed by atoms with Crippen LogP contribution in [-0.2, 0) is 20.8 Å². The minimum atomic E-state index is -0.325. The molecule has 3 rings (SSSR count). The minimum Gasteiger partial charge on any atom is -0.465 e. The molecule has 2 aromatic rings. The molecule has 0 heterocycles.